The summed E-state index contributed by atoms with van der Waals surface area (Å²) in [5.41, 5.74) is 3.54. The first kappa shape index (κ1) is 20.6. The molecule has 0 aromatic carbocycles. The van der Waals surface area contributed by atoms with E-state index in [1.165, 1.54) is 0 Å². The molecule has 166 valence electrons. The van der Waals surface area contributed by atoms with Gasteiger partial charge in [-0.2, -0.15) is 5.10 Å². The molecule has 1 aliphatic carbocycles. The molecule has 0 unspecified atom stereocenters. The summed E-state index contributed by atoms with van der Waals surface area (Å²) in [7, 11) is 0. The van der Waals surface area contributed by atoms with Gasteiger partial charge in [-0.1, -0.05) is 6.07 Å². The van der Waals surface area contributed by atoms with E-state index in [9.17, 15) is 9.50 Å². The minimum atomic E-state index is -0.837. The number of nitrogens with zero attached hydrogens (tertiary/aromatic N) is 5. The van der Waals surface area contributed by atoms with Crippen molar-refractivity contribution in [2.24, 2.45) is 0 Å². The van der Waals surface area contributed by atoms with E-state index < -0.39 is 11.8 Å². The van der Waals surface area contributed by atoms with Crippen LogP contribution in [-0.2, 0) is 6.54 Å². The Morgan fingerprint density at radius 1 is 1.12 bits per heavy atom. The maximum absolute atomic E-state index is 14.0. The second-order valence-electron chi connectivity index (χ2n) is 9.13. The number of hydrogen-bond acceptors (Lipinski definition) is 5. The zero-order valence-electron chi connectivity index (χ0n) is 18.2. The molecule has 4 aromatic heterocycles. The van der Waals surface area contributed by atoms with Gasteiger partial charge in [-0.25, -0.2) is 14.4 Å². The lowest BCUT2D eigenvalue weighted by Gasteiger charge is -2.16. The van der Waals surface area contributed by atoms with E-state index in [4.69, 9.17) is 4.98 Å². The maximum atomic E-state index is 14.0. The zero-order chi connectivity index (χ0) is 22.3. The molecule has 0 amide bonds. The molecule has 32 heavy (non-hydrogen) atoms. The van der Waals surface area contributed by atoms with E-state index in [-0.39, 0.29) is 6.04 Å². The highest BCUT2D eigenvalue weighted by molar-refractivity contribution is 5.67. The smallest absolute Gasteiger partial charge is 0.137 e. The summed E-state index contributed by atoms with van der Waals surface area (Å²) in [5, 5.41) is 17.7. The third-order valence-corrected chi connectivity index (χ3v) is 5.80. The van der Waals surface area contributed by atoms with Crippen molar-refractivity contribution in [3.05, 3.63) is 55.1 Å². The van der Waals surface area contributed by atoms with Gasteiger partial charge in [0, 0.05) is 23.5 Å². The quantitative estimate of drug-likeness (QED) is 0.472. The summed E-state index contributed by atoms with van der Waals surface area (Å²) < 4.78 is 17.8. The van der Waals surface area contributed by atoms with E-state index in [0.717, 1.165) is 41.0 Å². The molecule has 0 radical (unpaired) electrons. The average Bonchev–Trinajstić information content (AvgIpc) is 3.47. The van der Waals surface area contributed by atoms with E-state index in [0.29, 0.717) is 18.8 Å². The van der Waals surface area contributed by atoms with Gasteiger partial charge in [-0.3, -0.25) is 9.08 Å². The van der Waals surface area contributed by atoms with Gasteiger partial charge >= 0.3 is 0 Å². The van der Waals surface area contributed by atoms with Gasteiger partial charge in [0.2, 0.25) is 0 Å². The lowest BCUT2D eigenvalue weighted by atomic mass is 10.1. The minimum Gasteiger partial charge on any atom is -0.389 e. The molecule has 5 rings (SSSR count). The first-order valence-electron chi connectivity index (χ1n) is 11.0. The van der Waals surface area contributed by atoms with Crippen LogP contribution in [0, 0.1) is 0 Å². The molecule has 0 aliphatic heterocycles. The van der Waals surface area contributed by atoms with Crippen molar-refractivity contribution in [1.29, 1.82) is 0 Å². The number of imidazole rings is 1. The molecule has 8 heteroatoms. The monoisotopic (exact) mass is 434 g/mol. The van der Waals surface area contributed by atoms with Crippen molar-refractivity contribution in [3.8, 4) is 22.5 Å². The van der Waals surface area contributed by atoms with Crippen molar-refractivity contribution in [3.63, 3.8) is 0 Å². The molecule has 2 N–H and O–H groups in total. The third-order valence-electron chi connectivity index (χ3n) is 5.80. The molecule has 4 heterocycles. The second kappa shape index (κ2) is 8.02. The van der Waals surface area contributed by atoms with Gasteiger partial charge in [0.05, 0.1) is 42.0 Å². The summed E-state index contributed by atoms with van der Waals surface area (Å²) >= 11 is 0. The maximum Gasteiger partial charge on any atom is 0.137 e. The van der Waals surface area contributed by atoms with Crippen LogP contribution in [0.1, 0.15) is 33.1 Å². The van der Waals surface area contributed by atoms with Crippen molar-refractivity contribution < 1.29 is 9.50 Å². The normalized spacial score (nSPS) is 19.0. The molecule has 2 atom stereocenters. The lowest BCUT2D eigenvalue weighted by molar-refractivity contribution is 0.0577. The first-order chi connectivity index (χ1) is 15.4. The fraction of sp³-hybridized carbons (Fsp3) is 0.375. The molecule has 0 spiro atoms. The standard InChI is InChI=1S/C24H27FN6O/c1-24(2,32)15-30-13-17(11-27-30)16-9-10-23-26-12-21(31(23)14-16)20-7-4-8-22(29-20)28-19-6-3-5-18(19)25/h4,7-14,18-19,32H,3,5-6,15H2,1-2H3,(H,28,29)/t18-,19+/m1/s1. The Bertz CT molecular complexity index is 1240. The van der Waals surface area contributed by atoms with Gasteiger partial charge in [-0.15, -0.1) is 0 Å². The molecule has 1 saturated carbocycles. The molecule has 0 saturated heterocycles. The Hall–Kier alpha value is -3.26. The predicted octanol–water partition coefficient (Wildman–Crippen LogP) is 4.33. The van der Waals surface area contributed by atoms with Crippen LogP contribution in [0.4, 0.5) is 10.2 Å². The van der Waals surface area contributed by atoms with Crippen LogP contribution in [0.5, 0.6) is 0 Å². The van der Waals surface area contributed by atoms with E-state index >= 15 is 0 Å². The molecule has 0 bridgehead atoms. The van der Waals surface area contributed by atoms with Gasteiger partial charge in [-0.05, 0) is 57.4 Å². The third kappa shape index (κ3) is 4.23. The summed E-state index contributed by atoms with van der Waals surface area (Å²) in [6, 6.07) is 9.53. The van der Waals surface area contributed by atoms with Crippen LogP contribution in [0.2, 0.25) is 0 Å². The summed E-state index contributed by atoms with van der Waals surface area (Å²) in [5.74, 6) is 0.677. The van der Waals surface area contributed by atoms with Gasteiger partial charge in [0.1, 0.15) is 17.6 Å². The Morgan fingerprint density at radius 3 is 2.78 bits per heavy atom. The van der Waals surface area contributed by atoms with E-state index in [1.54, 1.807) is 30.9 Å². The number of rotatable bonds is 6. The molecular formula is C24H27FN6O. The summed E-state index contributed by atoms with van der Waals surface area (Å²) in [6.45, 7) is 3.93. The van der Waals surface area contributed by atoms with Crippen LogP contribution >= 0.6 is 0 Å². The largest absolute Gasteiger partial charge is 0.389 e. The number of nitrogens with one attached hydrogen (secondary N) is 1. The summed E-state index contributed by atoms with van der Waals surface area (Å²) in [4.78, 5) is 9.24. The topological polar surface area (TPSA) is 80.3 Å². The fourth-order valence-corrected chi connectivity index (χ4v) is 4.26. The Kier molecular flexibility index (Phi) is 5.17. The molecule has 7 nitrogen and oxygen atoms in total. The molecular weight excluding hydrogens is 407 g/mol. The van der Waals surface area contributed by atoms with Gasteiger partial charge in [0.25, 0.3) is 0 Å². The first-order valence-corrected chi connectivity index (χ1v) is 11.0. The highest BCUT2D eigenvalue weighted by Crippen LogP contribution is 2.27. The van der Waals surface area contributed by atoms with E-state index in [1.807, 2.05) is 47.1 Å². The minimum absolute atomic E-state index is 0.174. The number of aliphatic hydroxyl groups is 1. The van der Waals surface area contributed by atoms with Crippen molar-refractivity contribution >= 4 is 11.5 Å². The second-order valence-corrected chi connectivity index (χ2v) is 9.13. The Balaban J connectivity index is 1.45. The van der Waals surface area contributed by atoms with Crippen LogP contribution in [0.25, 0.3) is 28.2 Å². The van der Waals surface area contributed by atoms with Crippen LogP contribution < -0.4 is 5.32 Å². The highest BCUT2D eigenvalue weighted by atomic mass is 19.1. The van der Waals surface area contributed by atoms with Crippen molar-refractivity contribution in [2.45, 2.75) is 57.5 Å². The highest BCUT2D eigenvalue weighted by Gasteiger charge is 2.27. The summed E-state index contributed by atoms with van der Waals surface area (Å²) in [6.07, 6.45) is 9.05. The number of fused-ring (bicyclic) bond motifs is 1. The fourth-order valence-electron chi connectivity index (χ4n) is 4.26. The Labute approximate surface area is 185 Å². The van der Waals surface area contributed by atoms with Crippen LogP contribution in [-0.4, -0.2) is 47.1 Å². The molecule has 1 fully saturated rings. The van der Waals surface area contributed by atoms with Crippen molar-refractivity contribution in [2.75, 3.05) is 5.32 Å². The van der Waals surface area contributed by atoms with Gasteiger partial charge < -0.3 is 10.4 Å². The van der Waals surface area contributed by atoms with Crippen LogP contribution in [0.15, 0.2) is 55.1 Å². The van der Waals surface area contributed by atoms with E-state index in [2.05, 4.69) is 15.4 Å². The predicted molar refractivity (Wildman–Crippen MR) is 122 cm³/mol. The molecule has 4 aromatic rings. The molecule has 1 aliphatic rings. The Morgan fingerprint density at radius 2 is 2.00 bits per heavy atom. The lowest BCUT2D eigenvalue weighted by Crippen LogP contribution is -2.26. The number of alkyl halides is 1. The number of halogens is 1. The zero-order valence-corrected chi connectivity index (χ0v) is 18.2. The number of pyridine rings is 2. The number of anilines is 1. The number of hydrogen-bond donors (Lipinski definition) is 2. The SMILES string of the molecule is CC(C)(O)Cn1cc(-c2ccc3ncc(-c4cccc(N[C@H]5CCC[C@H]5F)n4)n3c2)cn1. The number of aromatic nitrogens is 5. The van der Waals surface area contributed by atoms with Crippen LogP contribution in [0.3, 0.4) is 0 Å². The van der Waals surface area contributed by atoms with Gasteiger partial charge in [0.15, 0.2) is 0 Å². The average molecular weight is 435 g/mol. The van der Waals surface area contributed by atoms with Crippen molar-refractivity contribution in [1.82, 2.24) is 24.1 Å².